The fourth-order valence-electron chi connectivity index (χ4n) is 3.86. The predicted octanol–water partition coefficient (Wildman–Crippen LogP) is 4.54. The number of ether oxygens (including phenoxy) is 2. The molecular formula is C23H21ClN2O3. The summed E-state index contributed by atoms with van der Waals surface area (Å²) in [6, 6.07) is 17.1. The van der Waals surface area contributed by atoms with Crippen LogP contribution in [0, 0.1) is 0 Å². The third kappa shape index (κ3) is 3.54. The first-order valence-corrected chi connectivity index (χ1v) is 9.73. The lowest BCUT2D eigenvalue weighted by Gasteiger charge is -2.38. The number of rotatable bonds is 4. The molecule has 1 aliphatic heterocycles. The van der Waals surface area contributed by atoms with E-state index in [4.69, 9.17) is 21.1 Å². The predicted molar refractivity (Wildman–Crippen MR) is 112 cm³/mol. The van der Waals surface area contributed by atoms with Crippen molar-refractivity contribution in [2.45, 2.75) is 12.5 Å². The third-order valence-corrected chi connectivity index (χ3v) is 5.54. The molecule has 2 aromatic carbocycles. The molecule has 6 heteroatoms. The van der Waals surface area contributed by atoms with Crippen LogP contribution in [-0.4, -0.2) is 36.6 Å². The molecule has 5 nitrogen and oxygen atoms in total. The van der Waals surface area contributed by atoms with Crippen molar-refractivity contribution in [2.24, 2.45) is 0 Å². The number of carbonyl (C=O) groups is 1. The molecule has 1 atom stereocenters. The van der Waals surface area contributed by atoms with E-state index in [2.05, 4.69) is 4.98 Å². The summed E-state index contributed by atoms with van der Waals surface area (Å²) >= 11 is 6.22. The Morgan fingerprint density at radius 1 is 1.07 bits per heavy atom. The van der Waals surface area contributed by atoms with Crippen molar-refractivity contribution < 1.29 is 14.3 Å². The average molecular weight is 409 g/mol. The summed E-state index contributed by atoms with van der Waals surface area (Å²) in [6.07, 6.45) is 2.29. The molecule has 0 bridgehead atoms. The van der Waals surface area contributed by atoms with Gasteiger partial charge in [-0.05, 0) is 47.4 Å². The minimum atomic E-state index is -0.261. The number of methoxy groups -OCH3 is 2. The van der Waals surface area contributed by atoms with Gasteiger partial charge in [0.15, 0.2) is 11.5 Å². The smallest absolute Gasteiger partial charge is 0.257 e. The Labute approximate surface area is 174 Å². The third-order valence-electron chi connectivity index (χ3n) is 5.24. The highest BCUT2D eigenvalue weighted by Crippen LogP contribution is 2.41. The fourth-order valence-corrected chi connectivity index (χ4v) is 4.06. The number of aromatic nitrogens is 1. The highest BCUT2D eigenvalue weighted by molar-refractivity contribution is 6.32. The van der Waals surface area contributed by atoms with Crippen LogP contribution in [0.15, 0.2) is 60.8 Å². The number of nitrogens with zero attached hydrogens (tertiary/aromatic N) is 2. The van der Waals surface area contributed by atoms with Gasteiger partial charge in [-0.2, -0.15) is 0 Å². The summed E-state index contributed by atoms with van der Waals surface area (Å²) in [4.78, 5) is 19.4. The summed E-state index contributed by atoms with van der Waals surface area (Å²) in [7, 11) is 3.24. The second-order valence-electron chi connectivity index (χ2n) is 6.81. The Morgan fingerprint density at radius 2 is 1.79 bits per heavy atom. The van der Waals surface area contributed by atoms with E-state index in [-0.39, 0.29) is 17.1 Å². The maximum absolute atomic E-state index is 13.4. The van der Waals surface area contributed by atoms with Crippen LogP contribution in [0.25, 0.3) is 0 Å². The second-order valence-corrected chi connectivity index (χ2v) is 7.17. The molecule has 2 heterocycles. The Bertz CT molecular complexity index is 1040. The van der Waals surface area contributed by atoms with Crippen molar-refractivity contribution in [3.05, 3.63) is 88.2 Å². The lowest BCUT2D eigenvalue weighted by molar-refractivity contribution is 0.0694. The van der Waals surface area contributed by atoms with Gasteiger partial charge in [-0.25, -0.2) is 4.98 Å². The van der Waals surface area contributed by atoms with Crippen LogP contribution >= 0.6 is 11.6 Å². The Morgan fingerprint density at radius 3 is 2.48 bits per heavy atom. The van der Waals surface area contributed by atoms with Gasteiger partial charge in [0.2, 0.25) is 0 Å². The van der Waals surface area contributed by atoms with Gasteiger partial charge in [0.25, 0.3) is 5.91 Å². The first-order chi connectivity index (χ1) is 14.1. The summed E-state index contributed by atoms with van der Waals surface area (Å²) in [5.74, 6) is 1.19. The summed E-state index contributed by atoms with van der Waals surface area (Å²) in [6.45, 7) is 0.562. The first-order valence-electron chi connectivity index (χ1n) is 9.35. The highest BCUT2D eigenvalue weighted by atomic mass is 35.5. The lowest BCUT2D eigenvalue weighted by atomic mass is 9.87. The van der Waals surface area contributed by atoms with Gasteiger partial charge in [0.1, 0.15) is 5.15 Å². The molecule has 1 aromatic heterocycles. The normalized spacial score (nSPS) is 15.6. The fraction of sp³-hybridized carbons (Fsp3) is 0.217. The van der Waals surface area contributed by atoms with Gasteiger partial charge in [-0.15, -0.1) is 0 Å². The minimum Gasteiger partial charge on any atom is -0.493 e. The molecule has 148 valence electrons. The van der Waals surface area contributed by atoms with E-state index in [0.29, 0.717) is 30.0 Å². The van der Waals surface area contributed by atoms with Crippen molar-refractivity contribution >= 4 is 17.5 Å². The number of pyridine rings is 1. The van der Waals surface area contributed by atoms with E-state index in [1.54, 1.807) is 32.5 Å². The maximum atomic E-state index is 13.4. The Balaban J connectivity index is 1.86. The lowest BCUT2D eigenvalue weighted by Crippen LogP contribution is -2.40. The molecule has 0 radical (unpaired) electrons. The van der Waals surface area contributed by atoms with Crippen LogP contribution in [-0.2, 0) is 6.42 Å². The van der Waals surface area contributed by atoms with E-state index in [0.717, 1.165) is 16.7 Å². The van der Waals surface area contributed by atoms with Crippen molar-refractivity contribution in [2.75, 3.05) is 20.8 Å². The van der Waals surface area contributed by atoms with Crippen molar-refractivity contribution in [3.8, 4) is 11.5 Å². The molecule has 0 spiro atoms. The van der Waals surface area contributed by atoms with Gasteiger partial charge in [-0.3, -0.25) is 4.79 Å². The van der Waals surface area contributed by atoms with Crippen molar-refractivity contribution in [3.63, 3.8) is 0 Å². The van der Waals surface area contributed by atoms with Gasteiger partial charge in [-0.1, -0.05) is 41.9 Å². The molecule has 29 heavy (non-hydrogen) atoms. The largest absolute Gasteiger partial charge is 0.493 e. The van der Waals surface area contributed by atoms with Crippen LogP contribution in [0.4, 0.5) is 0 Å². The van der Waals surface area contributed by atoms with Crippen LogP contribution in [0.3, 0.4) is 0 Å². The van der Waals surface area contributed by atoms with Gasteiger partial charge >= 0.3 is 0 Å². The maximum Gasteiger partial charge on any atom is 0.257 e. The molecule has 3 aromatic rings. The zero-order valence-electron chi connectivity index (χ0n) is 16.3. The summed E-state index contributed by atoms with van der Waals surface area (Å²) in [5, 5.41) is 0.211. The van der Waals surface area contributed by atoms with E-state index in [9.17, 15) is 4.79 Å². The number of hydrogen-bond donors (Lipinski definition) is 0. The molecule has 1 aliphatic rings. The Hall–Kier alpha value is -3.05. The van der Waals surface area contributed by atoms with Gasteiger partial charge in [0.05, 0.1) is 25.8 Å². The number of fused-ring (bicyclic) bond motifs is 1. The highest BCUT2D eigenvalue weighted by Gasteiger charge is 2.34. The van der Waals surface area contributed by atoms with E-state index >= 15 is 0 Å². The molecule has 0 aliphatic carbocycles. The monoisotopic (exact) mass is 408 g/mol. The second kappa shape index (κ2) is 8.13. The molecule has 0 N–H and O–H groups in total. The number of halogens is 1. The zero-order chi connectivity index (χ0) is 20.4. The number of amides is 1. The summed E-state index contributed by atoms with van der Waals surface area (Å²) < 4.78 is 11.0. The summed E-state index contributed by atoms with van der Waals surface area (Å²) in [5.41, 5.74) is 3.58. The van der Waals surface area contributed by atoms with Crippen LogP contribution in [0.1, 0.15) is 33.1 Å². The van der Waals surface area contributed by atoms with Crippen LogP contribution in [0.5, 0.6) is 11.5 Å². The Kier molecular flexibility index (Phi) is 5.41. The van der Waals surface area contributed by atoms with Crippen LogP contribution in [0.2, 0.25) is 5.15 Å². The SMILES string of the molecule is COc1cc2c(cc1OC)C(c1ccccc1)N(C(=O)c1cccnc1Cl)CC2. The zero-order valence-corrected chi connectivity index (χ0v) is 17.0. The topological polar surface area (TPSA) is 51.7 Å². The average Bonchev–Trinajstić information content (AvgIpc) is 2.77. The van der Waals surface area contributed by atoms with E-state index in [1.807, 2.05) is 47.4 Å². The van der Waals surface area contributed by atoms with E-state index in [1.165, 1.54) is 0 Å². The van der Waals surface area contributed by atoms with Crippen molar-refractivity contribution in [1.82, 2.24) is 9.88 Å². The molecule has 0 saturated carbocycles. The number of hydrogen-bond acceptors (Lipinski definition) is 4. The van der Waals surface area contributed by atoms with Gasteiger partial charge in [0, 0.05) is 12.7 Å². The van der Waals surface area contributed by atoms with E-state index < -0.39 is 0 Å². The quantitative estimate of drug-likeness (QED) is 0.595. The molecule has 0 fully saturated rings. The number of benzene rings is 2. The molecule has 0 saturated heterocycles. The molecule has 4 rings (SSSR count). The first kappa shape index (κ1) is 19.3. The van der Waals surface area contributed by atoms with Crippen LogP contribution < -0.4 is 9.47 Å². The molecular weight excluding hydrogens is 388 g/mol. The van der Waals surface area contributed by atoms with Gasteiger partial charge < -0.3 is 14.4 Å². The van der Waals surface area contributed by atoms with Crippen molar-refractivity contribution in [1.29, 1.82) is 0 Å². The molecule has 1 unspecified atom stereocenters. The molecule has 1 amide bonds. The number of carbonyl (C=O) groups excluding carboxylic acids is 1. The minimum absolute atomic E-state index is 0.141. The standard InChI is InChI=1S/C23H21ClN2O3/c1-28-19-13-16-10-12-26(23(27)17-9-6-11-25-22(17)24)21(15-7-4-3-5-8-15)18(16)14-20(19)29-2/h3-9,11,13-14,21H,10,12H2,1-2H3.